The second-order valence-electron chi connectivity index (χ2n) is 4.21. The van der Waals surface area contributed by atoms with Crippen LogP contribution in [0.2, 0.25) is 0 Å². The predicted molar refractivity (Wildman–Crippen MR) is 80.2 cm³/mol. The van der Waals surface area contributed by atoms with Crippen LogP contribution in [0.5, 0.6) is 5.88 Å². The van der Waals surface area contributed by atoms with E-state index in [0.717, 1.165) is 11.0 Å². The summed E-state index contributed by atoms with van der Waals surface area (Å²) in [6, 6.07) is 9.74. The minimum Gasteiger partial charge on any atom is -0.480 e. The zero-order chi connectivity index (χ0) is 14.8. The molecule has 3 rings (SSSR count). The topological polar surface area (TPSA) is 76.6 Å². The van der Waals surface area contributed by atoms with Crippen molar-refractivity contribution in [2.45, 2.75) is 6.42 Å². The van der Waals surface area contributed by atoms with Gasteiger partial charge in [-0.1, -0.05) is 12.1 Å². The Morgan fingerprint density at radius 2 is 2.14 bits per heavy atom. The summed E-state index contributed by atoms with van der Waals surface area (Å²) in [7, 11) is 1.54. The molecule has 104 valence electrons. The van der Waals surface area contributed by atoms with Gasteiger partial charge >= 0.3 is 0 Å². The van der Waals surface area contributed by atoms with Crippen LogP contribution in [0.15, 0.2) is 34.9 Å². The third-order valence-corrected chi connectivity index (χ3v) is 3.50. The molecule has 2 aromatic heterocycles. The van der Waals surface area contributed by atoms with E-state index in [4.69, 9.17) is 10.00 Å². The first-order valence-corrected chi connectivity index (χ1v) is 6.94. The van der Waals surface area contributed by atoms with Crippen LogP contribution < -0.4 is 4.74 Å². The molecule has 0 amide bonds. The van der Waals surface area contributed by atoms with Crippen LogP contribution in [0, 0.1) is 11.3 Å². The van der Waals surface area contributed by atoms with Gasteiger partial charge in [0.2, 0.25) is 11.8 Å². The number of aromatic nitrogens is 4. The largest absolute Gasteiger partial charge is 0.480 e. The maximum atomic E-state index is 8.98. The Balaban J connectivity index is 2.28. The number of nitriles is 1. The van der Waals surface area contributed by atoms with Crippen LogP contribution in [0.3, 0.4) is 0 Å². The Morgan fingerprint density at radius 3 is 2.90 bits per heavy atom. The predicted octanol–water partition coefficient (Wildman–Crippen LogP) is 2.65. The van der Waals surface area contributed by atoms with Crippen molar-refractivity contribution in [3.05, 3.63) is 40.8 Å². The number of hydrogen-bond donors (Lipinski definition) is 0. The highest BCUT2D eigenvalue weighted by molar-refractivity contribution is 9.10. The molecular weight excluding hydrogens is 334 g/mol. The van der Waals surface area contributed by atoms with Crippen molar-refractivity contribution >= 4 is 27.0 Å². The molecular formula is C14H10BrN5O. The third-order valence-electron chi connectivity index (χ3n) is 2.96. The molecule has 0 aliphatic heterocycles. The fourth-order valence-electron chi connectivity index (χ4n) is 2.08. The Hall–Kier alpha value is -2.46. The number of methoxy groups -OCH3 is 1. The van der Waals surface area contributed by atoms with Crippen LogP contribution in [-0.2, 0) is 6.42 Å². The van der Waals surface area contributed by atoms with Crippen molar-refractivity contribution in [2.75, 3.05) is 7.11 Å². The zero-order valence-corrected chi connectivity index (χ0v) is 12.7. The lowest BCUT2D eigenvalue weighted by molar-refractivity contribution is 0.393. The Bertz CT molecular complexity index is 852. The molecule has 0 aliphatic rings. The average molecular weight is 344 g/mol. The van der Waals surface area contributed by atoms with Crippen LogP contribution in [0.1, 0.15) is 5.82 Å². The molecule has 1 aromatic carbocycles. The molecule has 0 fully saturated rings. The maximum Gasteiger partial charge on any atom is 0.239 e. The average Bonchev–Trinajstić information content (AvgIpc) is 2.86. The lowest BCUT2D eigenvalue weighted by atomic mass is 10.3. The Morgan fingerprint density at radius 1 is 1.33 bits per heavy atom. The Labute approximate surface area is 129 Å². The van der Waals surface area contributed by atoms with Gasteiger partial charge in [0, 0.05) is 0 Å². The van der Waals surface area contributed by atoms with Crippen LogP contribution in [0.25, 0.3) is 17.0 Å². The first-order chi connectivity index (χ1) is 10.2. The van der Waals surface area contributed by atoms with Gasteiger partial charge in [0.15, 0.2) is 0 Å². The fraction of sp³-hybridized carbons (Fsp3) is 0.143. The summed E-state index contributed by atoms with van der Waals surface area (Å²) in [6.07, 6.45) is 1.79. The van der Waals surface area contributed by atoms with Gasteiger partial charge < -0.3 is 4.74 Å². The highest BCUT2D eigenvalue weighted by atomic mass is 79.9. The van der Waals surface area contributed by atoms with Crippen LogP contribution in [-0.4, -0.2) is 26.6 Å². The molecule has 0 bridgehead atoms. The van der Waals surface area contributed by atoms with Gasteiger partial charge in [0.25, 0.3) is 0 Å². The summed E-state index contributed by atoms with van der Waals surface area (Å²) in [5.41, 5.74) is 1.65. The number of imidazole rings is 1. The number of halogens is 1. The van der Waals surface area contributed by atoms with Crippen molar-refractivity contribution < 1.29 is 4.74 Å². The van der Waals surface area contributed by atoms with E-state index in [1.807, 2.05) is 24.3 Å². The first kappa shape index (κ1) is 13.5. The van der Waals surface area contributed by atoms with Crippen molar-refractivity contribution in [1.29, 1.82) is 5.26 Å². The van der Waals surface area contributed by atoms with Gasteiger partial charge in [-0.2, -0.15) is 10.2 Å². The first-order valence-electron chi connectivity index (χ1n) is 6.15. The minimum absolute atomic E-state index is 0.177. The number of para-hydroxylation sites is 2. The van der Waals surface area contributed by atoms with E-state index in [0.29, 0.717) is 22.1 Å². The highest BCUT2D eigenvalue weighted by Crippen LogP contribution is 2.25. The molecule has 0 atom stereocenters. The SMILES string of the molecule is COc1nc(-n2c(CC#N)nc3ccccc32)ncc1Br. The molecule has 6 nitrogen and oxygen atoms in total. The van der Waals surface area contributed by atoms with Gasteiger partial charge in [-0.05, 0) is 28.1 Å². The van der Waals surface area contributed by atoms with E-state index < -0.39 is 0 Å². The number of fused-ring (bicyclic) bond motifs is 1. The van der Waals surface area contributed by atoms with Gasteiger partial charge in [-0.3, -0.25) is 4.57 Å². The monoisotopic (exact) mass is 343 g/mol. The van der Waals surface area contributed by atoms with Crippen molar-refractivity contribution in [3.63, 3.8) is 0 Å². The molecule has 0 N–H and O–H groups in total. The van der Waals surface area contributed by atoms with E-state index >= 15 is 0 Å². The summed E-state index contributed by atoms with van der Waals surface area (Å²) in [5, 5.41) is 8.98. The molecule has 0 aliphatic carbocycles. The van der Waals surface area contributed by atoms with Crippen LogP contribution in [0.4, 0.5) is 0 Å². The highest BCUT2D eigenvalue weighted by Gasteiger charge is 2.15. The van der Waals surface area contributed by atoms with Crippen LogP contribution >= 0.6 is 15.9 Å². The molecule has 0 radical (unpaired) electrons. The van der Waals surface area contributed by atoms with E-state index in [2.05, 4.69) is 37.0 Å². The minimum atomic E-state index is 0.177. The number of hydrogen-bond acceptors (Lipinski definition) is 5. The van der Waals surface area contributed by atoms with Gasteiger partial charge in [-0.15, -0.1) is 0 Å². The number of rotatable bonds is 3. The third kappa shape index (κ3) is 2.34. The number of ether oxygens (including phenoxy) is 1. The van der Waals surface area contributed by atoms with E-state index in [9.17, 15) is 0 Å². The smallest absolute Gasteiger partial charge is 0.239 e. The molecule has 0 saturated carbocycles. The van der Waals surface area contributed by atoms with Gasteiger partial charge in [0.05, 0.1) is 41.3 Å². The molecule has 0 spiro atoms. The summed E-state index contributed by atoms with van der Waals surface area (Å²) >= 11 is 3.33. The molecule has 0 saturated heterocycles. The van der Waals surface area contributed by atoms with Crippen molar-refractivity contribution in [1.82, 2.24) is 19.5 Å². The van der Waals surface area contributed by atoms with Crippen molar-refractivity contribution in [2.24, 2.45) is 0 Å². The normalized spacial score (nSPS) is 10.5. The molecule has 2 heterocycles. The molecule has 7 heteroatoms. The zero-order valence-electron chi connectivity index (χ0n) is 11.1. The maximum absolute atomic E-state index is 8.98. The summed E-state index contributed by atoms with van der Waals surface area (Å²) in [4.78, 5) is 13.1. The fourth-order valence-corrected chi connectivity index (χ4v) is 2.43. The summed E-state index contributed by atoms with van der Waals surface area (Å²) in [5.74, 6) is 1.46. The Kier molecular flexibility index (Phi) is 3.54. The van der Waals surface area contributed by atoms with E-state index in [-0.39, 0.29) is 6.42 Å². The molecule has 0 unspecified atom stereocenters. The second-order valence-corrected chi connectivity index (χ2v) is 5.07. The summed E-state index contributed by atoms with van der Waals surface area (Å²) < 4.78 is 7.64. The van der Waals surface area contributed by atoms with Crippen molar-refractivity contribution in [3.8, 4) is 17.9 Å². The lowest BCUT2D eigenvalue weighted by Gasteiger charge is -2.08. The van der Waals surface area contributed by atoms with E-state index in [1.54, 1.807) is 17.9 Å². The standard InChI is InChI=1S/C14H10BrN5O/c1-21-13-9(15)8-17-14(19-13)20-11-5-3-2-4-10(11)18-12(20)6-7-16/h2-5,8H,6H2,1H3. The summed E-state index contributed by atoms with van der Waals surface area (Å²) in [6.45, 7) is 0. The van der Waals surface area contributed by atoms with Gasteiger partial charge in [-0.25, -0.2) is 9.97 Å². The lowest BCUT2D eigenvalue weighted by Crippen LogP contribution is -2.06. The number of benzene rings is 1. The second kappa shape index (κ2) is 5.50. The number of nitrogens with zero attached hydrogens (tertiary/aromatic N) is 5. The quantitative estimate of drug-likeness (QED) is 0.730. The molecule has 3 aromatic rings. The van der Waals surface area contributed by atoms with E-state index in [1.165, 1.54) is 0 Å². The molecule has 21 heavy (non-hydrogen) atoms. The van der Waals surface area contributed by atoms with Gasteiger partial charge in [0.1, 0.15) is 5.82 Å².